The van der Waals surface area contributed by atoms with Crippen molar-refractivity contribution in [3.05, 3.63) is 54.5 Å². The summed E-state index contributed by atoms with van der Waals surface area (Å²) in [7, 11) is 1.65. The Kier molecular flexibility index (Phi) is 7.40. The van der Waals surface area contributed by atoms with Crippen LogP contribution in [0, 0.1) is 18.8 Å². The monoisotopic (exact) mass is 449 g/mol. The number of carboxylic acid groups (broad SMARTS) is 1. The van der Waals surface area contributed by atoms with Crippen LogP contribution >= 0.6 is 0 Å². The van der Waals surface area contributed by atoms with Crippen LogP contribution in [0.4, 0.5) is 0 Å². The van der Waals surface area contributed by atoms with E-state index in [1.165, 1.54) is 0 Å². The van der Waals surface area contributed by atoms with Crippen molar-refractivity contribution >= 4 is 5.97 Å². The standard InChI is InChI=1S/C26H31N3O4/c1-18-25(22-12-23(32-2)14-27-13-22)26(21-6-4-3-5-7-21)28-29(18)15-19-8-10-20(11-9-19)16-33-17-24(30)31/h3-7,12-14,19-20H,8-11,15-17H2,1-2H3,(H,30,31)/t19-,20-. The van der Waals surface area contributed by atoms with Gasteiger partial charge in [0.2, 0.25) is 0 Å². The van der Waals surface area contributed by atoms with Crippen LogP contribution in [0.1, 0.15) is 31.4 Å². The number of aromatic nitrogens is 3. The molecular formula is C26H31N3O4. The number of ether oxygens (including phenoxy) is 2. The summed E-state index contributed by atoms with van der Waals surface area (Å²) in [5.41, 5.74) is 5.24. The fourth-order valence-electron chi connectivity index (χ4n) is 4.67. The van der Waals surface area contributed by atoms with E-state index in [2.05, 4.69) is 28.7 Å². The maximum Gasteiger partial charge on any atom is 0.329 e. The van der Waals surface area contributed by atoms with Crippen LogP contribution in [-0.4, -0.2) is 46.2 Å². The second-order valence-corrected chi connectivity index (χ2v) is 8.77. The number of aliphatic carboxylic acids is 1. The molecule has 1 fully saturated rings. The normalized spacial score (nSPS) is 18.2. The average Bonchev–Trinajstić information content (AvgIpc) is 3.16. The van der Waals surface area contributed by atoms with Gasteiger partial charge in [-0.3, -0.25) is 9.67 Å². The zero-order chi connectivity index (χ0) is 23.2. The van der Waals surface area contributed by atoms with E-state index in [1.54, 1.807) is 13.3 Å². The highest BCUT2D eigenvalue weighted by atomic mass is 16.5. The lowest BCUT2D eigenvalue weighted by atomic mass is 9.82. The van der Waals surface area contributed by atoms with Crippen LogP contribution in [0.25, 0.3) is 22.4 Å². The molecule has 1 aliphatic rings. The third-order valence-corrected chi connectivity index (χ3v) is 6.47. The Morgan fingerprint density at radius 1 is 1.09 bits per heavy atom. The summed E-state index contributed by atoms with van der Waals surface area (Å²) in [4.78, 5) is 15.0. The van der Waals surface area contributed by atoms with E-state index in [4.69, 9.17) is 19.7 Å². The lowest BCUT2D eigenvalue weighted by Crippen LogP contribution is -2.23. The molecule has 4 rings (SSSR count). The van der Waals surface area contributed by atoms with E-state index in [0.717, 1.165) is 66.1 Å². The molecule has 0 atom stereocenters. The largest absolute Gasteiger partial charge is 0.495 e. The molecule has 0 radical (unpaired) electrons. The zero-order valence-corrected chi connectivity index (χ0v) is 19.2. The van der Waals surface area contributed by atoms with Crippen molar-refractivity contribution < 1.29 is 19.4 Å². The lowest BCUT2D eigenvalue weighted by molar-refractivity contribution is -0.142. The minimum atomic E-state index is -0.908. The van der Waals surface area contributed by atoms with Crippen molar-refractivity contribution in [2.24, 2.45) is 11.8 Å². The van der Waals surface area contributed by atoms with Gasteiger partial charge in [-0.15, -0.1) is 0 Å². The number of hydrogen-bond acceptors (Lipinski definition) is 5. The number of rotatable bonds is 9. The second kappa shape index (κ2) is 10.6. The molecule has 7 heteroatoms. The first-order valence-corrected chi connectivity index (χ1v) is 11.5. The molecule has 0 saturated heterocycles. The number of carboxylic acids is 1. The predicted octanol–water partition coefficient (Wildman–Crippen LogP) is 4.84. The minimum Gasteiger partial charge on any atom is -0.495 e. The van der Waals surface area contributed by atoms with Crippen LogP contribution in [0.3, 0.4) is 0 Å². The van der Waals surface area contributed by atoms with Crippen LogP contribution in [0.15, 0.2) is 48.8 Å². The van der Waals surface area contributed by atoms with E-state index in [0.29, 0.717) is 18.4 Å². The van der Waals surface area contributed by atoms with Crippen molar-refractivity contribution in [3.8, 4) is 28.1 Å². The van der Waals surface area contributed by atoms with Crippen molar-refractivity contribution in [2.45, 2.75) is 39.2 Å². The molecule has 0 spiro atoms. The Balaban J connectivity index is 1.54. The lowest BCUT2D eigenvalue weighted by Gasteiger charge is -2.28. The van der Waals surface area contributed by atoms with Gasteiger partial charge in [0.1, 0.15) is 18.1 Å². The highest BCUT2D eigenvalue weighted by molar-refractivity contribution is 5.82. The number of nitrogens with zero attached hydrogens (tertiary/aromatic N) is 3. The Hall–Kier alpha value is -3.19. The molecule has 3 aromatic rings. The molecule has 174 valence electrons. The van der Waals surface area contributed by atoms with Crippen LogP contribution < -0.4 is 4.74 Å². The quantitative estimate of drug-likeness (QED) is 0.503. The fourth-order valence-corrected chi connectivity index (χ4v) is 4.67. The van der Waals surface area contributed by atoms with E-state index in [1.807, 2.05) is 30.5 Å². The summed E-state index contributed by atoms with van der Waals surface area (Å²) in [6.07, 6.45) is 7.88. The van der Waals surface area contributed by atoms with Gasteiger partial charge in [0, 0.05) is 35.1 Å². The van der Waals surface area contributed by atoms with Gasteiger partial charge in [-0.1, -0.05) is 30.3 Å². The molecule has 1 aliphatic carbocycles. The molecular weight excluding hydrogens is 418 g/mol. The van der Waals surface area contributed by atoms with Crippen LogP contribution in [0.5, 0.6) is 5.75 Å². The van der Waals surface area contributed by atoms with E-state index in [-0.39, 0.29) is 6.61 Å². The Morgan fingerprint density at radius 3 is 2.52 bits per heavy atom. The number of methoxy groups -OCH3 is 1. The molecule has 0 bridgehead atoms. The van der Waals surface area contributed by atoms with Crippen molar-refractivity contribution in [2.75, 3.05) is 20.3 Å². The Morgan fingerprint density at radius 2 is 1.82 bits per heavy atom. The van der Waals surface area contributed by atoms with Gasteiger partial charge in [0.15, 0.2) is 0 Å². The minimum absolute atomic E-state index is 0.212. The first-order valence-electron chi connectivity index (χ1n) is 11.5. The summed E-state index contributed by atoms with van der Waals surface area (Å²) in [5.74, 6) is 0.799. The zero-order valence-electron chi connectivity index (χ0n) is 19.2. The van der Waals surface area contributed by atoms with Crippen molar-refractivity contribution in [1.29, 1.82) is 0 Å². The van der Waals surface area contributed by atoms with E-state index >= 15 is 0 Å². The summed E-state index contributed by atoms with van der Waals surface area (Å²) in [6, 6.07) is 12.3. The van der Waals surface area contributed by atoms with E-state index < -0.39 is 5.97 Å². The van der Waals surface area contributed by atoms with Crippen molar-refractivity contribution in [3.63, 3.8) is 0 Å². The van der Waals surface area contributed by atoms with Gasteiger partial charge < -0.3 is 14.6 Å². The molecule has 0 unspecified atom stereocenters. The predicted molar refractivity (Wildman–Crippen MR) is 126 cm³/mol. The van der Waals surface area contributed by atoms with Gasteiger partial charge in [0.05, 0.1) is 19.9 Å². The van der Waals surface area contributed by atoms with Crippen molar-refractivity contribution in [1.82, 2.24) is 14.8 Å². The molecule has 33 heavy (non-hydrogen) atoms. The smallest absolute Gasteiger partial charge is 0.329 e. The maximum atomic E-state index is 10.7. The summed E-state index contributed by atoms with van der Waals surface area (Å²) in [6.45, 7) is 3.31. The molecule has 1 N–H and O–H groups in total. The molecule has 1 saturated carbocycles. The molecule has 2 heterocycles. The van der Waals surface area contributed by atoms with Gasteiger partial charge in [-0.25, -0.2) is 4.79 Å². The Labute approximate surface area is 194 Å². The highest BCUT2D eigenvalue weighted by Gasteiger charge is 2.25. The molecule has 0 aliphatic heterocycles. The first-order chi connectivity index (χ1) is 16.0. The first kappa shape index (κ1) is 23.0. The highest BCUT2D eigenvalue weighted by Crippen LogP contribution is 2.37. The number of carbonyl (C=O) groups is 1. The molecule has 2 aromatic heterocycles. The third-order valence-electron chi connectivity index (χ3n) is 6.47. The summed E-state index contributed by atoms with van der Waals surface area (Å²) in [5, 5.41) is 13.8. The fraction of sp³-hybridized carbons (Fsp3) is 0.423. The summed E-state index contributed by atoms with van der Waals surface area (Å²) < 4.78 is 12.9. The van der Waals surface area contributed by atoms with E-state index in [9.17, 15) is 4.79 Å². The average molecular weight is 450 g/mol. The maximum absolute atomic E-state index is 10.7. The number of hydrogen-bond donors (Lipinski definition) is 1. The van der Waals surface area contributed by atoms with Gasteiger partial charge in [-0.05, 0) is 50.5 Å². The van der Waals surface area contributed by atoms with Gasteiger partial charge in [0.25, 0.3) is 0 Å². The number of pyridine rings is 1. The number of benzene rings is 1. The SMILES string of the molecule is COc1cncc(-c2c(-c3ccccc3)nn(C[C@H]3CC[C@H](COCC(=O)O)CC3)c2C)c1. The van der Waals surface area contributed by atoms with Gasteiger partial charge in [-0.2, -0.15) is 5.10 Å². The summed E-state index contributed by atoms with van der Waals surface area (Å²) >= 11 is 0. The third kappa shape index (κ3) is 5.60. The Bertz CT molecular complexity index is 1070. The topological polar surface area (TPSA) is 86.5 Å². The molecule has 7 nitrogen and oxygen atoms in total. The van der Waals surface area contributed by atoms with Gasteiger partial charge >= 0.3 is 5.97 Å². The molecule has 0 amide bonds. The molecule has 1 aromatic carbocycles. The van der Waals surface area contributed by atoms with Crippen LogP contribution in [-0.2, 0) is 16.1 Å². The second-order valence-electron chi connectivity index (χ2n) is 8.77. The van der Waals surface area contributed by atoms with Crippen LogP contribution in [0.2, 0.25) is 0 Å².